The summed E-state index contributed by atoms with van der Waals surface area (Å²) in [5.41, 5.74) is 0. The first-order valence-electron chi connectivity index (χ1n) is 6.87. The Morgan fingerprint density at radius 3 is 2.59 bits per heavy atom. The van der Waals surface area contributed by atoms with Crippen molar-refractivity contribution in [3.63, 3.8) is 0 Å². The van der Waals surface area contributed by atoms with Gasteiger partial charge in [0.2, 0.25) is 5.91 Å². The third-order valence-corrected chi connectivity index (χ3v) is 5.34. The molecule has 1 N–H and O–H groups in total. The average molecular weight is 398 g/mol. The van der Waals surface area contributed by atoms with Crippen LogP contribution in [0.4, 0.5) is 0 Å². The number of thioether (sulfide) groups is 1. The van der Waals surface area contributed by atoms with Crippen molar-refractivity contribution in [1.82, 2.24) is 5.32 Å². The fourth-order valence-electron chi connectivity index (χ4n) is 1.77. The second kappa shape index (κ2) is 9.12. The molecule has 2 rings (SSSR count). The fraction of sp³-hybridized carbons (Fsp3) is 0.250. The van der Waals surface area contributed by atoms with Crippen molar-refractivity contribution in [1.29, 1.82) is 0 Å². The molecule has 1 amide bonds. The summed E-state index contributed by atoms with van der Waals surface area (Å²) < 4.78 is 1.06. The lowest BCUT2D eigenvalue weighted by molar-refractivity contribution is -0.120. The molecule has 0 saturated heterocycles. The molecule has 6 heteroatoms. The molecular formula is C16H16BrNO2S2. The quantitative estimate of drug-likeness (QED) is 0.408. The van der Waals surface area contributed by atoms with E-state index in [1.165, 1.54) is 16.2 Å². The number of ketones is 1. The molecule has 0 aliphatic carbocycles. The van der Waals surface area contributed by atoms with Gasteiger partial charge in [-0.25, -0.2) is 0 Å². The topological polar surface area (TPSA) is 46.2 Å². The largest absolute Gasteiger partial charge is 0.355 e. The van der Waals surface area contributed by atoms with E-state index in [9.17, 15) is 9.59 Å². The summed E-state index contributed by atoms with van der Waals surface area (Å²) in [6.07, 6.45) is 0.520. The van der Waals surface area contributed by atoms with E-state index in [-0.39, 0.29) is 24.5 Å². The maximum absolute atomic E-state index is 11.8. The third kappa shape index (κ3) is 5.94. The van der Waals surface area contributed by atoms with E-state index < -0.39 is 0 Å². The third-order valence-electron chi connectivity index (χ3n) is 2.88. The van der Waals surface area contributed by atoms with Crippen LogP contribution in [0.1, 0.15) is 22.5 Å². The average Bonchev–Trinajstić information content (AvgIpc) is 3.05. The highest BCUT2D eigenvalue weighted by Crippen LogP contribution is 2.20. The van der Waals surface area contributed by atoms with Crippen molar-refractivity contribution in [2.75, 3.05) is 12.3 Å². The van der Waals surface area contributed by atoms with Gasteiger partial charge in [-0.15, -0.1) is 23.1 Å². The zero-order valence-corrected chi connectivity index (χ0v) is 15.1. The maximum atomic E-state index is 11.8. The van der Waals surface area contributed by atoms with Crippen LogP contribution in [0.2, 0.25) is 0 Å². The van der Waals surface area contributed by atoms with Crippen LogP contribution in [0, 0.1) is 0 Å². The highest BCUT2D eigenvalue weighted by Gasteiger charge is 2.09. The smallest absolute Gasteiger partial charge is 0.220 e. The number of nitrogens with one attached hydrogen (secondary N) is 1. The summed E-state index contributed by atoms with van der Waals surface area (Å²) in [4.78, 5) is 25.4. The molecule has 0 radical (unpaired) electrons. The normalized spacial score (nSPS) is 10.4. The molecule has 0 saturated carbocycles. The summed E-state index contributed by atoms with van der Waals surface area (Å²) in [5, 5.41) is 4.71. The lowest BCUT2D eigenvalue weighted by atomic mass is 10.2. The van der Waals surface area contributed by atoms with Crippen LogP contribution in [0.5, 0.6) is 0 Å². The molecule has 1 heterocycles. The van der Waals surface area contributed by atoms with E-state index in [2.05, 4.69) is 21.2 Å². The first kappa shape index (κ1) is 17.2. The van der Waals surface area contributed by atoms with E-state index >= 15 is 0 Å². The Morgan fingerprint density at radius 2 is 1.91 bits per heavy atom. The van der Waals surface area contributed by atoms with Crippen molar-refractivity contribution >= 4 is 50.7 Å². The van der Waals surface area contributed by atoms with Gasteiger partial charge in [0.15, 0.2) is 5.78 Å². The van der Waals surface area contributed by atoms with Gasteiger partial charge < -0.3 is 5.32 Å². The standard InChI is InChI=1S/C16H16BrNO2S2/c17-12-3-5-13(6-4-12)21-11-9-18-16(20)8-7-14(19)15-2-1-10-22-15/h1-6,10H,7-9,11H2,(H,18,20). The molecule has 3 nitrogen and oxygen atoms in total. The summed E-state index contributed by atoms with van der Waals surface area (Å²) in [6.45, 7) is 0.604. The molecule has 0 unspecified atom stereocenters. The summed E-state index contributed by atoms with van der Waals surface area (Å²) >= 11 is 6.50. The van der Waals surface area contributed by atoms with Gasteiger partial charge in [-0.3, -0.25) is 9.59 Å². The van der Waals surface area contributed by atoms with Gasteiger partial charge >= 0.3 is 0 Å². The first-order valence-corrected chi connectivity index (χ1v) is 9.53. The number of amides is 1. The van der Waals surface area contributed by atoms with E-state index in [1.807, 2.05) is 35.7 Å². The number of hydrogen-bond acceptors (Lipinski definition) is 4. The van der Waals surface area contributed by atoms with Crippen LogP contribution < -0.4 is 5.32 Å². The molecule has 0 fully saturated rings. The van der Waals surface area contributed by atoms with Gasteiger partial charge in [0.25, 0.3) is 0 Å². The van der Waals surface area contributed by atoms with Crippen LogP contribution in [0.15, 0.2) is 51.1 Å². The minimum absolute atomic E-state index is 0.0365. The Morgan fingerprint density at radius 1 is 1.14 bits per heavy atom. The summed E-state index contributed by atoms with van der Waals surface area (Å²) in [5.74, 6) is 0.780. The van der Waals surface area contributed by atoms with Crippen LogP contribution in [0.25, 0.3) is 0 Å². The molecule has 0 aliphatic rings. The van der Waals surface area contributed by atoms with E-state index in [1.54, 1.807) is 17.8 Å². The predicted octanol–water partition coefficient (Wildman–Crippen LogP) is 4.38. The minimum Gasteiger partial charge on any atom is -0.355 e. The van der Waals surface area contributed by atoms with Crippen molar-refractivity contribution in [2.24, 2.45) is 0 Å². The van der Waals surface area contributed by atoms with Gasteiger partial charge in [-0.2, -0.15) is 0 Å². The van der Waals surface area contributed by atoms with E-state index in [0.717, 1.165) is 15.1 Å². The fourth-order valence-corrected chi connectivity index (χ4v) is 3.49. The van der Waals surface area contributed by atoms with Crippen molar-refractivity contribution < 1.29 is 9.59 Å². The second-order valence-corrected chi connectivity index (χ2v) is 7.58. The molecule has 0 atom stereocenters. The molecule has 116 valence electrons. The van der Waals surface area contributed by atoms with Gasteiger partial charge in [-0.05, 0) is 35.7 Å². The molecule has 0 aliphatic heterocycles. The molecular weight excluding hydrogens is 382 g/mol. The Hall–Kier alpha value is -1.11. The number of halogens is 1. The Balaban J connectivity index is 1.59. The molecule has 0 spiro atoms. The number of benzene rings is 1. The summed E-state index contributed by atoms with van der Waals surface area (Å²) in [6, 6.07) is 11.7. The zero-order chi connectivity index (χ0) is 15.8. The van der Waals surface area contributed by atoms with Gasteiger partial charge in [0.1, 0.15) is 0 Å². The number of thiophene rings is 1. The predicted molar refractivity (Wildman–Crippen MR) is 95.8 cm³/mol. The van der Waals surface area contributed by atoms with Crippen molar-refractivity contribution in [3.8, 4) is 0 Å². The SMILES string of the molecule is O=C(CCC(=O)c1cccs1)NCCSc1ccc(Br)cc1. The van der Waals surface area contributed by atoms with Gasteiger partial charge in [0, 0.05) is 34.5 Å². The van der Waals surface area contributed by atoms with Gasteiger partial charge in [0.05, 0.1) is 4.88 Å². The first-order chi connectivity index (χ1) is 10.6. The Kier molecular flexibility index (Phi) is 7.15. The van der Waals surface area contributed by atoms with Crippen LogP contribution in [-0.4, -0.2) is 24.0 Å². The number of hydrogen-bond donors (Lipinski definition) is 1. The Labute approximate surface area is 146 Å². The monoisotopic (exact) mass is 397 g/mol. The molecule has 22 heavy (non-hydrogen) atoms. The highest BCUT2D eigenvalue weighted by molar-refractivity contribution is 9.10. The van der Waals surface area contributed by atoms with Crippen molar-refractivity contribution in [2.45, 2.75) is 17.7 Å². The Bertz CT molecular complexity index is 612. The van der Waals surface area contributed by atoms with Gasteiger partial charge in [-0.1, -0.05) is 22.0 Å². The molecule has 1 aromatic carbocycles. The number of rotatable bonds is 8. The second-order valence-electron chi connectivity index (χ2n) is 4.55. The molecule has 1 aromatic heterocycles. The van der Waals surface area contributed by atoms with E-state index in [0.29, 0.717) is 6.54 Å². The minimum atomic E-state index is -0.0682. The molecule has 0 bridgehead atoms. The van der Waals surface area contributed by atoms with Crippen molar-refractivity contribution in [3.05, 3.63) is 51.1 Å². The highest BCUT2D eigenvalue weighted by atomic mass is 79.9. The van der Waals surface area contributed by atoms with Crippen LogP contribution >= 0.6 is 39.0 Å². The van der Waals surface area contributed by atoms with Crippen LogP contribution in [-0.2, 0) is 4.79 Å². The number of Topliss-reactive ketones (excluding diaryl/α,β-unsaturated/α-hetero) is 1. The number of carbonyl (C=O) groups is 2. The maximum Gasteiger partial charge on any atom is 0.220 e. The lowest BCUT2D eigenvalue weighted by Gasteiger charge is -2.05. The number of carbonyl (C=O) groups excluding carboxylic acids is 2. The van der Waals surface area contributed by atoms with E-state index in [4.69, 9.17) is 0 Å². The molecule has 2 aromatic rings. The van der Waals surface area contributed by atoms with Crippen LogP contribution in [0.3, 0.4) is 0 Å². The lowest BCUT2D eigenvalue weighted by Crippen LogP contribution is -2.26. The summed E-state index contributed by atoms with van der Waals surface area (Å²) in [7, 11) is 0. The zero-order valence-electron chi connectivity index (χ0n) is 11.9.